The molecule has 10 heteroatoms. The Kier molecular flexibility index (Phi) is 11.7. The van der Waals surface area contributed by atoms with Gasteiger partial charge in [-0.05, 0) is 84.1 Å². The number of hydrogen-bond donors (Lipinski definition) is 3. The number of carbonyl (C=O) groups excluding carboxylic acids is 1. The van der Waals surface area contributed by atoms with Gasteiger partial charge in [0.05, 0.1) is 23.5 Å². The summed E-state index contributed by atoms with van der Waals surface area (Å²) in [5.41, 5.74) is 2.74. The summed E-state index contributed by atoms with van der Waals surface area (Å²) in [5.74, 6) is -2.29. The van der Waals surface area contributed by atoms with E-state index in [9.17, 15) is 24.5 Å². The van der Waals surface area contributed by atoms with Gasteiger partial charge in [-0.3, -0.25) is 9.69 Å². The molecule has 260 valence electrons. The van der Waals surface area contributed by atoms with Crippen molar-refractivity contribution in [3.8, 4) is 28.1 Å². The van der Waals surface area contributed by atoms with Crippen LogP contribution in [0.2, 0.25) is 5.02 Å². The SMILES string of the molecule is CCC(O)CC(O)C(C(=O)O)n1c(-c2ccc(F)cc2)c(-c2ccccc2)c(C(=O)N(COc2ccccc2)c2ccc(Cl)cc2)c1C(C)C. The zero-order chi connectivity index (χ0) is 35.9. The minimum atomic E-state index is -1.62. The molecule has 3 atom stereocenters. The van der Waals surface area contributed by atoms with Gasteiger partial charge in [0.25, 0.3) is 5.91 Å². The van der Waals surface area contributed by atoms with Crippen LogP contribution in [0.1, 0.15) is 61.6 Å². The molecule has 5 rings (SSSR count). The number of benzene rings is 4. The van der Waals surface area contributed by atoms with Crippen molar-refractivity contribution in [2.45, 2.75) is 57.8 Å². The molecule has 0 spiro atoms. The summed E-state index contributed by atoms with van der Waals surface area (Å²) in [4.78, 5) is 30.0. The van der Waals surface area contributed by atoms with Crippen molar-refractivity contribution in [1.82, 2.24) is 4.57 Å². The summed E-state index contributed by atoms with van der Waals surface area (Å²) < 4.78 is 22.0. The number of rotatable bonds is 14. The van der Waals surface area contributed by atoms with Crippen LogP contribution >= 0.6 is 11.6 Å². The van der Waals surface area contributed by atoms with Crippen LogP contribution < -0.4 is 9.64 Å². The lowest BCUT2D eigenvalue weighted by atomic mass is 9.94. The number of aliphatic hydroxyl groups excluding tert-OH is 2. The summed E-state index contributed by atoms with van der Waals surface area (Å²) in [6, 6.07) is 28.7. The van der Waals surface area contributed by atoms with Crippen LogP contribution in [-0.2, 0) is 4.79 Å². The maximum Gasteiger partial charge on any atom is 0.329 e. The molecule has 4 aromatic carbocycles. The van der Waals surface area contributed by atoms with E-state index in [0.29, 0.717) is 51.0 Å². The smallest absolute Gasteiger partial charge is 0.329 e. The number of anilines is 1. The predicted octanol–water partition coefficient (Wildman–Crippen LogP) is 8.57. The third kappa shape index (κ3) is 7.91. The molecule has 5 aromatic rings. The summed E-state index contributed by atoms with van der Waals surface area (Å²) in [7, 11) is 0. The van der Waals surface area contributed by atoms with E-state index < -0.39 is 41.9 Å². The zero-order valence-electron chi connectivity index (χ0n) is 28.0. The van der Waals surface area contributed by atoms with Gasteiger partial charge in [0.15, 0.2) is 12.8 Å². The first kappa shape index (κ1) is 36.3. The van der Waals surface area contributed by atoms with Crippen molar-refractivity contribution in [3.05, 3.63) is 131 Å². The minimum Gasteiger partial charge on any atom is -0.480 e. The van der Waals surface area contributed by atoms with Crippen LogP contribution in [0.15, 0.2) is 109 Å². The lowest BCUT2D eigenvalue weighted by molar-refractivity contribution is -0.145. The molecule has 1 amide bonds. The molecule has 0 bridgehead atoms. The number of aromatic nitrogens is 1. The molecule has 0 saturated heterocycles. The van der Waals surface area contributed by atoms with E-state index >= 15 is 4.79 Å². The zero-order valence-corrected chi connectivity index (χ0v) is 28.8. The first-order valence-corrected chi connectivity index (χ1v) is 16.8. The van der Waals surface area contributed by atoms with E-state index in [1.807, 2.05) is 50.2 Å². The molecule has 0 radical (unpaired) electrons. The Morgan fingerprint density at radius 1 is 0.860 bits per heavy atom. The Hall–Kier alpha value is -4.96. The Labute approximate surface area is 296 Å². The first-order chi connectivity index (χ1) is 24.0. The van der Waals surface area contributed by atoms with Crippen LogP contribution in [-0.4, -0.2) is 50.7 Å². The second kappa shape index (κ2) is 16.2. The molecule has 0 aliphatic rings. The van der Waals surface area contributed by atoms with Gasteiger partial charge in [-0.1, -0.05) is 80.9 Å². The molecule has 0 aliphatic heterocycles. The Balaban J connectivity index is 1.87. The fourth-order valence-corrected chi connectivity index (χ4v) is 6.27. The number of ether oxygens (including phenoxy) is 1. The average molecular weight is 699 g/mol. The summed E-state index contributed by atoms with van der Waals surface area (Å²) in [5, 5.41) is 33.3. The minimum absolute atomic E-state index is 0.187. The van der Waals surface area contributed by atoms with Gasteiger partial charge in [0.2, 0.25) is 0 Å². The Morgan fingerprint density at radius 3 is 2.02 bits per heavy atom. The third-order valence-electron chi connectivity index (χ3n) is 8.55. The molecule has 3 N–H and O–H groups in total. The maximum atomic E-state index is 15.3. The van der Waals surface area contributed by atoms with Crippen LogP contribution in [0, 0.1) is 5.82 Å². The van der Waals surface area contributed by atoms with Crippen molar-refractivity contribution < 1.29 is 34.0 Å². The molecule has 0 saturated carbocycles. The quantitative estimate of drug-likeness (QED) is 0.100. The van der Waals surface area contributed by atoms with Crippen molar-refractivity contribution in [2.75, 3.05) is 11.6 Å². The lowest BCUT2D eigenvalue weighted by Crippen LogP contribution is -2.37. The number of aliphatic hydroxyl groups is 2. The Bertz CT molecular complexity index is 1900. The fraction of sp³-hybridized carbons (Fsp3) is 0.250. The molecule has 3 unspecified atom stereocenters. The normalized spacial score (nSPS) is 13.1. The number of carboxylic acids is 1. The number of hydrogen-bond acceptors (Lipinski definition) is 5. The van der Waals surface area contributed by atoms with Crippen LogP contribution in [0.5, 0.6) is 5.75 Å². The van der Waals surface area contributed by atoms with Gasteiger partial charge < -0.3 is 24.6 Å². The molecule has 0 aliphatic carbocycles. The molecule has 1 heterocycles. The largest absolute Gasteiger partial charge is 0.480 e. The predicted molar refractivity (Wildman–Crippen MR) is 193 cm³/mol. The number of para-hydroxylation sites is 1. The highest BCUT2D eigenvalue weighted by molar-refractivity contribution is 6.30. The van der Waals surface area contributed by atoms with Gasteiger partial charge >= 0.3 is 5.97 Å². The van der Waals surface area contributed by atoms with E-state index in [1.165, 1.54) is 33.7 Å². The lowest BCUT2D eigenvalue weighted by Gasteiger charge is -2.28. The van der Waals surface area contributed by atoms with Crippen molar-refractivity contribution in [3.63, 3.8) is 0 Å². The summed E-state index contributed by atoms with van der Waals surface area (Å²) in [6.07, 6.45) is -2.44. The topological polar surface area (TPSA) is 112 Å². The number of carbonyl (C=O) groups is 2. The molecular weight excluding hydrogens is 659 g/mol. The fourth-order valence-electron chi connectivity index (χ4n) is 6.14. The second-order valence-electron chi connectivity index (χ2n) is 12.3. The first-order valence-electron chi connectivity index (χ1n) is 16.4. The number of aliphatic carboxylic acids is 1. The molecule has 50 heavy (non-hydrogen) atoms. The highest BCUT2D eigenvalue weighted by Gasteiger charge is 2.40. The van der Waals surface area contributed by atoms with Crippen LogP contribution in [0.4, 0.5) is 10.1 Å². The highest BCUT2D eigenvalue weighted by atomic mass is 35.5. The van der Waals surface area contributed by atoms with E-state index in [1.54, 1.807) is 55.5 Å². The standard InChI is InChI=1S/C40H40ClFN2O6/c1-4-31(45)23-33(46)38(40(48)49)44-36(25(2)3)35(34(26-11-7-5-8-12-26)37(44)27-15-19-29(42)20-16-27)39(47)43(30-21-17-28(41)18-22-30)24-50-32-13-9-6-10-14-32/h5-22,25,31,33,38,45-46H,4,23-24H2,1-3H3,(H,48,49). The maximum absolute atomic E-state index is 15.3. The van der Waals surface area contributed by atoms with Gasteiger partial charge in [-0.2, -0.15) is 0 Å². The van der Waals surface area contributed by atoms with Gasteiger partial charge in [-0.25, -0.2) is 9.18 Å². The van der Waals surface area contributed by atoms with Crippen molar-refractivity contribution in [1.29, 1.82) is 0 Å². The number of amides is 1. The van der Waals surface area contributed by atoms with Gasteiger partial charge in [-0.15, -0.1) is 0 Å². The third-order valence-corrected chi connectivity index (χ3v) is 8.80. The van der Waals surface area contributed by atoms with E-state index in [0.717, 1.165) is 0 Å². The number of carboxylic acid groups (broad SMARTS) is 1. The average Bonchev–Trinajstić information content (AvgIpc) is 3.45. The Morgan fingerprint density at radius 2 is 1.46 bits per heavy atom. The molecule has 0 fully saturated rings. The molecular formula is C40H40ClFN2O6. The van der Waals surface area contributed by atoms with Crippen LogP contribution in [0.25, 0.3) is 22.4 Å². The second-order valence-corrected chi connectivity index (χ2v) is 12.8. The van der Waals surface area contributed by atoms with Crippen molar-refractivity contribution >= 4 is 29.2 Å². The summed E-state index contributed by atoms with van der Waals surface area (Å²) >= 11 is 6.24. The molecule has 1 aromatic heterocycles. The monoisotopic (exact) mass is 698 g/mol. The highest BCUT2D eigenvalue weighted by Crippen LogP contribution is 2.45. The molecule has 8 nitrogen and oxygen atoms in total. The van der Waals surface area contributed by atoms with E-state index in [2.05, 4.69) is 0 Å². The van der Waals surface area contributed by atoms with Gasteiger partial charge in [0, 0.05) is 28.4 Å². The van der Waals surface area contributed by atoms with E-state index in [-0.39, 0.29) is 18.7 Å². The summed E-state index contributed by atoms with van der Waals surface area (Å²) in [6.45, 7) is 5.21. The van der Waals surface area contributed by atoms with Gasteiger partial charge in [0.1, 0.15) is 11.6 Å². The van der Waals surface area contributed by atoms with Crippen molar-refractivity contribution in [2.24, 2.45) is 0 Å². The van der Waals surface area contributed by atoms with E-state index in [4.69, 9.17) is 16.3 Å². The van der Waals surface area contributed by atoms with Crippen LogP contribution in [0.3, 0.4) is 0 Å². The number of halogens is 2. The number of nitrogens with zero attached hydrogens (tertiary/aromatic N) is 2.